The highest BCUT2D eigenvalue weighted by molar-refractivity contribution is 5.87. The van der Waals surface area contributed by atoms with Crippen molar-refractivity contribution in [3.05, 3.63) is 42.0 Å². The van der Waals surface area contributed by atoms with E-state index < -0.39 is 23.6 Å². The van der Waals surface area contributed by atoms with Gasteiger partial charge in [-0.2, -0.15) is 0 Å². The van der Waals surface area contributed by atoms with Crippen molar-refractivity contribution in [1.29, 1.82) is 0 Å². The lowest BCUT2D eigenvalue weighted by Gasteiger charge is -2.73. The molecule has 5 saturated carbocycles. The lowest BCUT2D eigenvalue weighted by atomic mass is 9.32. The summed E-state index contributed by atoms with van der Waals surface area (Å²) in [5, 5.41) is 41.9. The molecule has 4 unspecified atom stereocenters. The number of hydrogen-bond acceptors (Lipinski definition) is 6. The first kappa shape index (κ1) is 32.6. The minimum absolute atomic E-state index is 0.0370. The molecule has 248 valence electrons. The second-order valence-electron chi connectivity index (χ2n) is 17.2. The summed E-state index contributed by atoms with van der Waals surface area (Å²) in [6.45, 7) is 18.9. The summed E-state index contributed by atoms with van der Waals surface area (Å²) in [5.74, 6) is 1.34. The van der Waals surface area contributed by atoms with Gasteiger partial charge in [0.05, 0.1) is 6.10 Å². The van der Waals surface area contributed by atoms with E-state index >= 15 is 0 Å². The Labute approximate surface area is 270 Å². The molecule has 1 aromatic carbocycles. The Morgan fingerprint density at radius 3 is 2.36 bits per heavy atom. The van der Waals surface area contributed by atoms with E-state index in [0.29, 0.717) is 48.2 Å². The highest BCUT2D eigenvalue weighted by atomic mass is 16.6. The zero-order chi connectivity index (χ0) is 32.7. The Morgan fingerprint density at radius 2 is 1.69 bits per heavy atom. The maximum Gasteiger partial charge on any atom is 0.331 e. The van der Waals surface area contributed by atoms with Crippen molar-refractivity contribution in [3.8, 4) is 11.5 Å². The predicted molar refractivity (Wildman–Crippen MR) is 176 cm³/mol. The number of aliphatic hydroxyl groups excluding tert-OH is 2. The van der Waals surface area contributed by atoms with Gasteiger partial charge in [0.2, 0.25) is 0 Å². The number of fused-ring (bicyclic) bond motifs is 7. The first-order valence-corrected chi connectivity index (χ1v) is 17.4. The van der Waals surface area contributed by atoms with Crippen LogP contribution in [0.2, 0.25) is 0 Å². The van der Waals surface area contributed by atoms with Crippen LogP contribution in [0, 0.1) is 56.7 Å². The number of hydrogen-bond donors (Lipinski definition) is 4. The number of rotatable bonds is 5. The van der Waals surface area contributed by atoms with Crippen molar-refractivity contribution in [1.82, 2.24) is 0 Å². The number of allylic oxidation sites excluding steroid dienone is 1. The first-order valence-electron chi connectivity index (χ1n) is 17.4. The SMILES string of the molecule is C=C(C)[C@@H]1CC[C@]2(CO)CC[C@]3(C)C(CCC4[C@@]5(C)C[C@@H](O)[C@H](OC(=O)/C=C/c6ccc(O)c(O)c6)C(C)(C)C5CC[C@]43C)C12. The van der Waals surface area contributed by atoms with Gasteiger partial charge in [-0.05, 0) is 140 Å². The van der Waals surface area contributed by atoms with Crippen molar-refractivity contribution in [2.75, 3.05) is 6.61 Å². The maximum absolute atomic E-state index is 13.0. The van der Waals surface area contributed by atoms with Crippen LogP contribution in [0.15, 0.2) is 36.4 Å². The fourth-order valence-electron chi connectivity index (χ4n) is 12.9. The van der Waals surface area contributed by atoms with E-state index in [0.717, 1.165) is 44.9 Å². The predicted octanol–water partition coefficient (Wildman–Crippen LogP) is 7.64. The normalized spacial score (nSPS) is 45.2. The Kier molecular flexibility index (Phi) is 7.88. The van der Waals surface area contributed by atoms with Crippen molar-refractivity contribution < 1.29 is 30.0 Å². The average Bonchev–Trinajstić information content (AvgIpc) is 3.36. The number of phenolic OH excluding ortho intramolecular Hbond substituents is 2. The molecule has 5 aliphatic rings. The summed E-state index contributed by atoms with van der Waals surface area (Å²) in [7, 11) is 0. The largest absolute Gasteiger partial charge is 0.504 e. The van der Waals surface area contributed by atoms with Crippen LogP contribution in [-0.4, -0.2) is 45.2 Å². The van der Waals surface area contributed by atoms with Crippen LogP contribution in [0.25, 0.3) is 6.08 Å². The molecule has 0 aliphatic heterocycles. The highest BCUT2D eigenvalue weighted by Gasteiger charge is 2.71. The van der Waals surface area contributed by atoms with Gasteiger partial charge < -0.3 is 25.2 Å². The number of phenols is 2. The fraction of sp³-hybridized carbons (Fsp3) is 0.718. The van der Waals surface area contributed by atoms with Crippen LogP contribution in [0.1, 0.15) is 105 Å². The molecule has 0 amide bonds. The minimum atomic E-state index is -0.764. The van der Waals surface area contributed by atoms with E-state index in [2.05, 4.69) is 48.1 Å². The lowest BCUT2D eigenvalue weighted by molar-refractivity contribution is -0.266. The van der Waals surface area contributed by atoms with Crippen LogP contribution >= 0.6 is 0 Å². The van der Waals surface area contributed by atoms with Crippen molar-refractivity contribution in [2.24, 2.45) is 56.7 Å². The average molecular weight is 621 g/mol. The van der Waals surface area contributed by atoms with E-state index in [-0.39, 0.29) is 33.2 Å². The highest BCUT2D eigenvalue weighted by Crippen LogP contribution is 2.77. The van der Waals surface area contributed by atoms with E-state index in [1.54, 1.807) is 12.1 Å². The van der Waals surface area contributed by atoms with Gasteiger partial charge in [-0.3, -0.25) is 0 Å². The maximum atomic E-state index is 13.0. The first-order chi connectivity index (χ1) is 21.0. The molecule has 4 N–H and O–H groups in total. The van der Waals surface area contributed by atoms with E-state index in [4.69, 9.17) is 4.74 Å². The standard InChI is InChI=1S/C39H56O6/c1-23(2)25-14-17-39(22-40)19-18-37(6)26(33(25)39)10-12-31-36(5)21-29(43)34(35(3,4)30(36)15-16-38(31,37)7)45-32(44)13-9-24-8-11-27(41)28(42)20-24/h8-9,11,13,20,25-26,29-31,33-34,40-43H,1,10,12,14-19,21-22H2,2-7H3/b13-9+/t25-,26?,29+,30?,31?,33?,34-,36-,37+,38+,39+/m0/s1. The number of carbonyl (C=O) groups excluding carboxylic acids is 1. The van der Waals surface area contributed by atoms with E-state index in [9.17, 15) is 25.2 Å². The summed E-state index contributed by atoms with van der Waals surface area (Å²) < 4.78 is 6.04. The second-order valence-corrected chi connectivity index (χ2v) is 17.2. The van der Waals surface area contributed by atoms with Gasteiger partial charge >= 0.3 is 5.97 Å². The van der Waals surface area contributed by atoms with Crippen molar-refractivity contribution >= 4 is 12.0 Å². The van der Waals surface area contributed by atoms with Gasteiger partial charge in [0.1, 0.15) is 6.10 Å². The van der Waals surface area contributed by atoms with Crippen LogP contribution in [0.4, 0.5) is 0 Å². The molecular weight excluding hydrogens is 564 g/mol. The molecule has 0 spiro atoms. The van der Waals surface area contributed by atoms with Crippen molar-refractivity contribution in [3.63, 3.8) is 0 Å². The van der Waals surface area contributed by atoms with Crippen LogP contribution in [-0.2, 0) is 9.53 Å². The Morgan fingerprint density at radius 1 is 0.956 bits per heavy atom. The molecule has 6 rings (SSSR count). The Bertz CT molecular complexity index is 1380. The molecule has 0 heterocycles. The third kappa shape index (κ3) is 4.66. The van der Waals surface area contributed by atoms with Gasteiger partial charge in [0.25, 0.3) is 0 Å². The smallest absolute Gasteiger partial charge is 0.331 e. The van der Waals surface area contributed by atoms with Gasteiger partial charge in [-0.25, -0.2) is 4.79 Å². The summed E-state index contributed by atoms with van der Waals surface area (Å²) in [4.78, 5) is 13.0. The van der Waals surface area contributed by atoms with Gasteiger partial charge in [-0.15, -0.1) is 0 Å². The second kappa shape index (κ2) is 10.9. The molecule has 6 nitrogen and oxygen atoms in total. The number of ether oxygens (including phenoxy) is 1. The van der Waals surface area contributed by atoms with Crippen LogP contribution in [0.5, 0.6) is 11.5 Å². The number of esters is 1. The lowest BCUT2D eigenvalue weighted by Crippen LogP contribution is -2.68. The Hall–Kier alpha value is -2.31. The van der Waals surface area contributed by atoms with Gasteiger partial charge in [-0.1, -0.05) is 52.8 Å². The molecule has 0 radical (unpaired) electrons. The van der Waals surface area contributed by atoms with Crippen LogP contribution in [0.3, 0.4) is 0 Å². The molecule has 6 heteroatoms. The van der Waals surface area contributed by atoms with Gasteiger partial charge in [0, 0.05) is 18.1 Å². The molecule has 5 fully saturated rings. The van der Waals surface area contributed by atoms with Gasteiger partial charge in [0.15, 0.2) is 11.5 Å². The molecular formula is C39H56O6. The zero-order valence-electron chi connectivity index (χ0n) is 28.3. The monoisotopic (exact) mass is 620 g/mol. The molecule has 45 heavy (non-hydrogen) atoms. The third-order valence-electron chi connectivity index (χ3n) is 15.1. The summed E-state index contributed by atoms with van der Waals surface area (Å²) in [5.41, 5.74) is 1.69. The molecule has 0 aromatic heterocycles. The number of aliphatic hydroxyl groups is 2. The molecule has 0 bridgehead atoms. The zero-order valence-corrected chi connectivity index (χ0v) is 28.3. The summed E-state index contributed by atoms with van der Waals surface area (Å²) in [6.07, 6.45) is 11.1. The topological polar surface area (TPSA) is 107 Å². The Balaban J connectivity index is 1.25. The quantitative estimate of drug-likeness (QED) is 0.117. The third-order valence-corrected chi connectivity index (χ3v) is 15.1. The van der Waals surface area contributed by atoms with Crippen LogP contribution < -0.4 is 0 Å². The fourth-order valence-corrected chi connectivity index (χ4v) is 12.9. The van der Waals surface area contributed by atoms with E-state index in [1.807, 2.05) is 0 Å². The number of benzene rings is 1. The van der Waals surface area contributed by atoms with Crippen molar-refractivity contribution in [2.45, 2.75) is 112 Å². The summed E-state index contributed by atoms with van der Waals surface area (Å²) >= 11 is 0. The minimum Gasteiger partial charge on any atom is -0.504 e. The molecule has 1 aromatic rings. The van der Waals surface area contributed by atoms with E-state index in [1.165, 1.54) is 30.2 Å². The molecule has 5 aliphatic carbocycles. The molecule has 0 saturated heterocycles. The summed E-state index contributed by atoms with van der Waals surface area (Å²) in [6, 6.07) is 4.38. The number of aromatic hydroxyl groups is 2. The number of carbonyl (C=O) groups is 1. The molecule has 11 atom stereocenters.